The lowest BCUT2D eigenvalue weighted by atomic mass is 9.96. The van der Waals surface area contributed by atoms with E-state index in [9.17, 15) is 19.6 Å². The summed E-state index contributed by atoms with van der Waals surface area (Å²) in [5, 5.41) is 24.7. The number of ether oxygens (including phenoxy) is 3. The summed E-state index contributed by atoms with van der Waals surface area (Å²) in [6, 6.07) is 8.43. The molecule has 0 radical (unpaired) electrons. The van der Waals surface area contributed by atoms with Crippen LogP contribution in [-0.4, -0.2) is 79.0 Å². The third-order valence-electron chi connectivity index (χ3n) is 6.59. The van der Waals surface area contributed by atoms with Crippen LogP contribution in [-0.2, 0) is 23.4 Å². The van der Waals surface area contributed by atoms with Gasteiger partial charge < -0.3 is 34.7 Å². The van der Waals surface area contributed by atoms with Crippen LogP contribution in [0.15, 0.2) is 36.7 Å². The van der Waals surface area contributed by atoms with Gasteiger partial charge in [-0.1, -0.05) is 41.7 Å². The number of rotatable bonds is 8. The number of hydrogen-bond donors (Lipinski definition) is 4. The van der Waals surface area contributed by atoms with Crippen LogP contribution in [0.1, 0.15) is 31.7 Å². The average Bonchev–Trinajstić information content (AvgIpc) is 3.57. The number of hydrogen-bond acceptors (Lipinski definition) is 13. The molecule has 39 heavy (non-hydrogen) atoms. The van der Waals surface area contributed by atoms with E-state index in [1.165, 1.54) is 24.9 Å². The Morgan fingerprint density at radius 3 is 2.85 bits per heavy atom. The highest BCUT2D eigenvalue weighted by molar-refractivity contribution is 8.56. The van der Waals surface area contributed by atoms with E-state index in [1.54, 1.807) is 6.92 Å². The molecule has 2 aromatic heterocycles. The number of imidazole rings is 1. The molecular weight excluding hydrogens is 551 g/mol. The first-order valence-electron chi connectivity index (χ1n) is 12.0. The molecule has 1 unspecified atom stereocenters. The molecule has 2 fully saturated rings. The summed E-state index contributed by atoms with van der Waals surface area (Å²) in [7, 11) is 1.41. The molecule has 3 aromatic rings. The zero-order valence-electron chi connectivity index (χ0n) is 21.3. The number of nitrogens with two attached hydrogens (primary N) is 1. The Balaban J connectivity index is 1.23. The average molecular weight is 581 g/mol. The smallest absolute Gasteiger partial charge is 0.327 e. The molecule has 16 heteroatoms. The summed E-state index contributed by atoms with van der Waals surface area (Å²) in [6.07, 6.45) is -2.75. The lowest BCUT2D eigenvalue weighted by molar-refractivity contribution is -0.150. The third-order valence-corrected chi connectivity index (χ3v) is 10.6. The van der Waals surface area contributed by atoms with Crippen molar-refractivity contribution in [3.63, 3.8) is 0 Å². The van der Waals surface area contributed by atoms with Crippen molar-refractivity contribution >= 4 is 41.2 Å². The Morgan fingerprint density at radius 2 is 2.13 bits per heavy atom. The number of fused-ring (bicyclic) bond motifs is 1. The largest absolute Gasteiger partial charge is 0.479 e. The van der Waals surface area contributed by atoms with Gasteiger partial charge in [-0.05, 0) is 19.4 Å². The van der Waals surface area contributed by atoms with Crippen LogP contribution in [0.25, 0.3) is 11.2 Å². The maximum atomic E-state index is 13.3. The predicted octanol–water partition coefficient (Wildman–Crippen LogP) is 1.56. The summed E-state index contributed by atoms with van der Waals surface area (Å²) >= 11 is 0.956. The fraction of sp³-hybridized carbons (Fsp3) is 0.478. The highest BCUT2D eigenvalue weighted by Gasteiger charge is 2.54. The first-order chi connectivity index (χ1) is 18.5. The molecule has 7 atom stereocenters. The van der Waals surface area contributed by atoms with Gasteiger partial charge in [0.05, 0.1) is 20.0 Å². The lowest BCUT2D eigenvalue weighted by Crippen LogP contribution is -2.44. The van der Waals surface area contributed by atoms with Gasteiger partial charge in [-0.15, -0.1) is 0 Å². The maximum absolute atomic E-state index is 13.3. The number of aliphatic hydroxyl groups is 2. The Morgan fingerprint density at radius 1 is 1.38 bits per heavy atom. The molecule has 5 rings (SSSR count). The molecule has 4 heterocycles. The minimum atomic E-state index is -3.53. The summed E-state index contributed by atoms with van der Waals surface area (Å²) in [5.74, 6) is -0.310. The van der Waals surface area contributed by atoms with Gasteiger partial charge in [-0.25, -0.2) is 10.1 Å². The van der Waals surface area contributed by atoms with Crippen LogP contribution >= 0.6 is 18.1 Å². The number of nitrogen functional groups attached to an aromatic ring is 1. The molecule has 0 amide bonds. The number of nitrogens with one attached hydrogen (secondary N) is 1. The van der Waals surface area contributed by atoms with Gasteiger partial charge >= 0.3 is 12.7 Å². The molecular formula is C23H29N6O8PS. The third kappa shape index (κ3) is 5.35. The van der Waals surface area contributed by atoms with Crippen LogP contribution in [0.5, 0.6) is 5.88 Å². The van der Waals surface area contributed by atoms with Crippen molar-refractivity contribution < 1.29 is 38.3 Å². The normalized spacial score (nSPS) is 31.4. The van der Waals surface area contributed by atoms with E-state index in [2.05, 4.69) is 20.0 Å². The summed E-state index contributed by atoms with van der Waals surface area (Å²) < 4.78 is 37.0. The van der Waals surface area contributed by atoms with E-state index in [0.717, 1.165) is 16.9 Å². The number of nitrogens with zero attached hydrogens (tertiary/aromatic N) is 4. The van der Waals surface area contributed by atoms with Gasteiger partial charge in [0.1, 0.15) is 30.0 Å². The standard InChI is InChI=1S/C23H29N6O8PS/c1-12(13-7-5-4-6-8-13)36-20(31)14-10-39-38(33,28-14)35-9-15-17(30)23(2,32)21(37-15)29-11-25-16-18(29)26-22(24)27-19(16)34-3/h4-8,11-12,14-15,17,21,30,32H,9-10H2,1-3H3,(H,28,33)(H2,24,26,27)/t12-,14+,15-,17-,21-,23-,38?/m1/s1. The topological polar surface area (TPSA) is 193 Å². The monoisotopic (exact) mass is 580 g/mol. The van der Waals surface area contributed by atoms with E-state index < -0.39 is 48.9 Å². The Hall–Kier alpha value is -2.78. The second-order valence-corrected chi connectivity index (χ2v) is 13.7. The molecule has 0 spiro atoms. The van der Waals surface area contributed by atoms with Crippen molar-refractivity contribution in [3.05, 3.63) is 42.2 Å². The van der Waals surface area contributed by atoms with Crippen LogP contribution in [0.2, 0.25) is 0 Å². The summed E-state index contributed by atoms with van der Waals surface area (Å²) in [6.45, 7) is -0.719. The van der Waals surface area contributed by atoms with Gasteiger partial charge in [0, 0.05) is 5.75 Å². The minimum Gasteiger partial charge on any atom is -0.479 e. The Bertz CT molecular complexity index is 1410. The number of esters is 1. The number of anilines is 1. The van der Waals surface area contributed by atoms with Gasteiger partial charge in [0.2, 0.25) is 11.8 Å². The second-order valence-electron chi connectivity index (χ2n) is 9.37. The SMILES string of the molecule is COc1nc(N)nc2c1ncn2[C@@H]1O[C@H](COP2(=O)N[C@H](C(=O)O[C@H](C)c3ccccc3)CS2)[C@@H](O)[C@@]1(C)O. The Kier molecular flexibility index (Phi) is 7.59. The van der Waals surface area contributed by atoms with E-state index in [-0.39, 0.29) is 35.4 Å². The lowest BCUT2D eigenvalue weighted by Gasteiger charge is -2.27. The quantitative estimate of drug-likeness (QED) is 0.221. The maximum Gasteiger partial charge on any atom is 0.327 e. The van der Waals surface area contributed by atoms with Crippen LogP contribution in [0.3, 0.4) is 0 Å². The van der Waals surface area contributed by atoms with E-state index in [1.807, 2.05) is 30.3 Å². The molecule has 1 aromatic carbocycles. The van der Waals surface area contributed by atoms with E-state index in [0.29, 0.717) is 0 Å². The van der Waals surface area contributed by atoms with Gasteiger partial charge in [0.25, 0.3) is 0 Å². The number of methoxy groups -OCH3 is 1. The molecule has 2 aliphatic rings. The zero-order valence-corrected chi connectivity index (χ0v) is 23.0. The number of carbonyl (C=O) groups excluding carboxylic acids is 1. The van der Waals surface area contributed by atoms with Crippen molar-refractivity contribution in [3.8, 4) is 5.88 Å². The van der Waals surface area contributed by atoms with Crippen molar-refractivity contribution in [2.75, 3.05) is 25.2 Å². The summed E-state index contributed by atoms with van der Waals surface area (Å²) in [4.78, 5) is 25.0. The van der Waals surface area contributed by atoms with E-state index in [4.69, 9.17) is 24.5 Å². The molecule has 14 nitrogen and oxygen atoms in total. The van der Waals surface area contributed by atoms with Crippen LogP contribution in [0.4, 0.5) is 5.95 Å². The molecule has 0 aliphatic carbocycles. The molecule has 2 aliphatic heterocycles. The second kappa shape index (κ2) is 10.7. The van der Waals surface area contributed by atoms with Crippen molar-refractivity contribution in [1.82, 2.24) is 24.6 Å². The first-order valence-corrected chi connectivity index (χ1v) is 15.3. The molecule has 0 saturated carbocycles. The fourth-order valence-electron chi connectivity index (χ4n) is 4.45. The number of aliphatic hydroxyl groups excluding tert-OH is 1. The molecule has 0 bridgehead atoms. The highest BCUT2D eigenvalue weighted by atomic mass is 32.7. The van der Waals surface area contributed by atoms with Crippen molar-refractivity contribution in [2.45, 2.75) is 50.0 Å². The van der Waals surface area contributed by atoms with Gasteiger partial charge in [0.15, 0.2) is 17.4 Å². The van der Waals surface area contributed by atoms with Crippen LogP contribution in [0, 0.1) is 0 Å². The van der Waals surface area contributed by atoms with Gasteiger partial charge in [-0.3, -0.25) is 13.9 Å². The molecule has 210 valence electrons. The van der Waals surface area contributed by atoms with Crippen molar-refractivity contribution in [1.29, 1.82) is 0 Å². The Labute approximate surface area is 227 Å². The number of benzene rings is 1. The molecule has 5 N–H and O–H groups in total. The van der Waals surface area contributed by atoms with Crippen molar-refractivity contribution in [2.24, 2.45) is 0 Å². The highest BCUT2D eigenvalue weighted by Crippen LogP contribution is 2.61. The van der Waals surface area contributed by atoms with Gasteiger partial charge in [-0.2, -0.15) is 9.97 Å². The zero-order chi connectivity index (χ0) is 27.9. The van der Waals surface area contributed by atoms with E-state index >= 15 is 0 Å². The summed E-state index contributed by atoms with van der Waals surface area (Å²) in [5.41, 5.74) is 5.33. The first kappa shape index (κ1) is 27.8. The predicted molar refractivity (Wildman–Crippen MR) is 141 cm³/mol. The fourth-order valence-corrected chi connectivity index (χ4v) is 8.33. The number of carbonyl (C=O) groups is 1. The van der Waals surface area contributed by atoms with Crippen LogP contribution < -0.4 is 15.6 Å². The molecule has 2 saturated heterocycles. The number of aromatic nitrogens is 4. The minimum absolute atomic E-state index is 0.0761.